The molecule has 35 heavy (non-hydrogen) atoms. The first kappa shape index (κ1) is 24.5. The first-order valence-electron chi connectivity index (χ1n) is 10.6. The minimum absolute atomic E-state index is 0.0581. The molecular formula is C26H21ClFNO5S. The summed E-state index contributed by atoms with van der Waals surface area (Å²) in [6.45, 7) is 0.296. The lowest BCUT2D eigenvalue weighted by atomic mass is 10.1. The number of nitrogens with zero attached hydrogens (tertiary/aromatic N) is 1. The number of halogens is 2. The average molecular weight is 514 g/mol. The molecule has 4 aromatic rings. The second kappa shape index (κ2) is 10.8. The lowest BCUT2D eigenvalue weighted by Crippen LogP contribution is -2.32. The highest BCUT2D eigenvalue weighted by molar-refractivity contribution is 7.87. The number of carbonyl (C=O) groups is 1. The molecule has 1 heterocycles. The molecule has 180 valence electrons. The fraction of sp³-hybridized carbons (Fsp3) is 0.115. The average Bonchev–Trinajstić information content (AvgIpc) is 3.37. The number of carbonyl (C=O) groups excluding carboxylic acids is 1. The summed E-state index contributed by atoms with van der Waals surface area (Å²) >= 11 is 6.50. The Morgan fingerprint density at radius 2 is 1.69 bits per heavy atom. The molecule has 0 radical (unpaired) electrons. The van der Waals surface area contributed by atoms with Crippen LogP contribution in [0.15, 0.2) is 107 Å². The molecule has 1 amide bonds. The lowest BCUT2D eigenvalue weighted by Gasteiger charge is -2.24. The third-order valence-corrected chi connectivity index (χ3v) is 6.83. The van der Waals surface area contributed by atoms with Crippen LogP contribution in [0.1, 0.15) is 22.3 Å². The lowest BCUT2D eigenvalue weighted by molar-refractivity contribution is -0.132. The summed E-state index contributed by atoms with van der Waals surface area (Å²) in [5, 5.41) is -0.913. The number of alkyl halides is 1. The molecular weight excluding hydrogens is 493 g/mol. The van der Waals surface area contributed by atoms with Gasteiger partial charge in [0.05, 0.1) is 12.8 Å². The van der Waals surface area contributed by atoms with Gasteiger partial charge in [-0.05, 0) is 59.7 Å². The maximum Gasteiger partial charge on any atom is 0.339 e. The first-order chi connectivity index (χ1) is 16.8. The van der Waals surface area contributed by atoms with Crippen molar-refractivity contribution >= 4 is 27.6 Å². The van der Waals surface area contributed by atoms with E-state index >= 15 is 0 Å². The van der Waals surface area contributed by atoms with Crippen LogP contribution >= 0.6 is 11.6 Å². The first-order valence-corrected chi connectivity index (χ1v) is 12.5. The molecule has 1 unspecified atom stereocenters. The van der Waals surface area contributed by atoms with Crippen molar-refractivity contribution in [3.8, 4) is 5.75 Å². The topological polar surface area (TPSA) is 76.8 Å². The van der Waals surface area contributed by atoms with Gasteiger partial charge in [-0.15, -0.1) is 11.6 Å². The van der Waals surface area contributed by atoms with Gasteiger partial charge in [-0.3, -0.25) is 4.79 Å². The fourth-order valence-corrected chi connectivity index (χ4v) is 4.63. The molecule has 1 aromatic heterocycles. The van der Waals surface area contributed by atoms with Gasteiger partial charge in [0.1, 0.15) is 27.6 Å². The molecule has 0 saturated carbocycles. The summed E-state index contributed by atoms with van der Waals surface area (Å²) in [4.78, 5) is 14.6. The van der Waals surface area contributed by atoms with Gasteiger partial charge in [0.15, 0.2) is 0 Å². The highest BCUT2D eigenvalue weighted by atomic mass is 35.5. The van der Waals surface area contributed by atoms with Gasteiger partial charge >= 0.3 is 10.1 Å². The highest BCUT2D eigenvalue weighted by Gasteiger charge is 2.25. The quantitative estimate of drug-likeness (QED) is 0.212. The van der Waals surface area contributed by atoms with E-state index in [0.29, 0.717) is 16.9 Å². The predicted molar refractivity (Wildman–Crippen MR) is 129 cm³/mol. The van der Waals surface area contributed by atoms with Gasteiger partial charge in [0.2, 0.25) is 5.91 Å². The molecule has 6 nitrogen and oxygen atoms in total. The summed E-state index contributed by atoms with van der Waals surface area (Å²) in [7, 11) is -4.17. The SMILES string of the molecule is O=C(C(Cl)c1ccccc1)N(Cc1cccc(OS(=O)(=O)c2ccc(F)cc2)c1)Cc1ccco1. The molecule has 0 bridgehead atoms. The zero-order valence-electron chi connectivity index (χ0n) is 18.4. The van der Waals surface area contributed by atoms with Crippen LogP contribution in [-0.4, -0.2) is 19.2 Å². The van der Waals surface area contributed by atoms with E-state index in [-0.39, 0.29) is 29.6 Å². The zero-order valence-corrected chi connectivity index (χ0v) is 20.0. The van der Waals surface area contributed by atoms with Crippen LogP contribution in [0.5, 0.6) is 5.75 Å². The third kappa shape index (κ3) is 6.29. The maximum absolute atomic E-state index is 13.3. The van der Waals surface area contributed by atoms with Crippen LogP contribution < -0.4 is 4.18 Å². The largest absolute Gasteiger partial charge is 0.467 e. The van der Waals surface area contributed by atoms with Gasteiger partial charge in [-0.25, -0.2) is 4.39 Å². The summed E-state index contributed by atoms with van der Waals surface area (Å²) in [5.41, 5.74) is 1.28. The highest BCUT2D eigenvalue weighted by Crippen LogP contribution is 2.26. The number of benzene rings is 3. The Morgan fingerprint density at radius 1 is 0.943 bits per heavy atom. The number of amides is 1. The molecule has 1 atom stereocenters. The van der Waals surface area contributed by atoms with E-state index in [4.69, 9.17) is 20.2 Å². The van der Waals surface area contributed by atoms with E-state index in [9.17, 15) is 17.6 Å². The second-order valence-electron chi connectivity index (χ2n) is 7.69. The van der Waals surface area contributed by atoms with Crippen LogP contribution in [0.3, 0.4) is 0 Å². The molecule has 0 N–H and O–H groups in total. The Labute approximate surface area is 207 Å². The molecule has 0 fully saturated rings. The Kier molecular flexibility index (Phi) is 7.53. The van der Waals surface area contributed by atoms with E-state index in [1.807, 2.05) is 6.07 Å². The monoisotopic (exact) mass is 513 g/mol. The molecule has 9 heteroatoms. The van der Waals surface area contributed by atoms with Crippen molar-refractivity contribution in [3.05, 3.63) is 120 Å². The van der Waals surface area contributed by atoms with Crippen molar-refractivity contribution in [1.29, 1.82) is 0 Å². The Hall–Kier alpha value is -3.62. The fourth-order valence-electron chi connectivity index (χ4n) is 3.42. The summed E-state index contributed by atoms with van der Waals surface area (Å²) < 4.78 is 49.0. The minimum Gasteiger partial charge on any atom is -0.467 e. The molecule has 0 saturated heterocycles. The van der Waals surface area contributed by atoms with Gasteiger partial charge in [0.25, 0.3) is 0 Å². The van der Waals surface area contributed by atoms with Crippen LogP contribution in [0.4, 0.5) is 4.39 Å². The molecule has 0 spiro atoms. The maximum atomic E-state index is 13.3. The minimum atomic E-state index is -4.17. The van der Waals surface area contributed by atoms with Crippen LogP contribution in [0, 0.1) is 5.82 Å². The number of hydrogen-bond acceptors (Lipinski definition) is 5. The van der Waals surface area contributed by atoms with Crippen molar-refractivity contribution in [3.63, 3.8) is 0 Å². The van der Waals surface area contributed by atoms with Crippen LogP contribution in [0.25, 0.3) is 0 Å². The van der Waals surface area contributed by atoms with Crippen molar-refractivity contribution in [2.24, 2.45) is 0 Å². The van der Waals surface area contributed by atoms with Gasteiger partial charge < -0.3 is 13.5 Å². The molecule has 0 aliphatic heterocycles. The van der Waals surface area contributed by atoms with Crippen molar-refractivity contribution in [1.82, 2.24) is 4.90 Å². The summed E-state index contributed by atoms with van der Waals surface area (Å²) in [6.07, 6.45) is 1.52. The third-order valence-electron chi connectivity index (χ3n) is 5.13. The normalized spacial score (nSPS) is 12.2. The van der Waals surface area contributed by atoms with Gasteiger partial charge in [-0.1, -0.05) is 42.5 Å². The van der Waals surface area contributed by atoms with E-state index in [1.54, 1.807) is 48.5 Å². The Bertz CT molecular complexity index is 1380. The Balaban J connectivity index is 1.55. The molecule has 4 rings (SSSR count). The predicted octanol–water partition coefficient (Wildman–Crippen LogP) is 5.70. The summed E-state index contributed by atoms with van der Waals surface area (Å²) in [6, 6.07) is 23.2. The van der Waals surface area contributed by atoms with Crippen molar-refractivity contribution in [2.45, 2.75) is 23.4 Å². The van der Waals surface area contributed by atoms with Gasteiger partial charge in [0, 0.05) is 6.54 Å². The number of furan rings is 1. The number of rotatable bonds is 9. The molecule has 3 aromatic carbocycles. The van der Waals surface area contributed by atoms with E-state index in [1.165, 1.54) is 23.3 Å². The molecule has 0 aliphatic rings. The van der Waals surface area contributed by atoms with Gasteiger partial charge in [-0.2, -0.15) is 8.42 Å². The molecule has 0 aliphatic carbocycles. The van der Waals surface area contributed by atoms with E-state index in [2.05, 4.69) is 0 Å². The Morgan fingerprint density at radius 3 is 2.37 bits per heavy atom. The van der Waals surface area contributed by atoms with Crippen LogP contribution in [0.2, 0.25) is 0 Å². The van der Waals surface area contributed by atoms with Crippen molar-refractivity contribution in [2.75, 3.05) is 0 Å². The van der Waals surface area contributed by atoms with Crippen molar-refractivity contribution < 1.29 is 26.2 Å². The smallest absolute Gasteiger partial charge is 0.339 e. The standard InChI is InChI=1S/C26H21ClFNO5S/c27-25(20-7-2-1-3-8-20)26(30)29(18-23-10-5-15-33-23)17-19-6-4-9-22(16-19)34-35(31,32)24-13-11-21(28)12-14-24/h1-16,25H,17-18H2. The number of hydrogen-bond donors (Lipinski definition) is 0. The zero-order chi connectivity index (χ0) is 24.8. The van der Waals surface area contributed by atoms with E-state index < -0.39 is 21.3 Å². The summed E-state index contributed by atoms with van der Waals surface area (Å²) in [5.74, 6) is -0.260. The van der Waals surface area contributed by atoms with Crippen LogP contribution in [-0.2, 0) is 28.0 Å². The van der Waals surface area contributed by atoms with E-state index in [0.717, 1.165) is 24.3 Å². The second-order valence-corrected chi connectivity index (χ2v) is 9.67.